The minimum absolute atomic E-state index is 0.0138. The standard InChI is InChI=1S/C31H54N4O7/c1-12-14-22(40-11)16-15-19(4)24-30(7,8)28(38)33-20(5)26-34-31(9,17-41-26)29(39)35(10)23(18(3)13-2)25(36)32-21(6)27(37)42-24/h18-24H,12-17H2,1-11H3,(H,32,36)(H,33,38)/t18-,19+,20-,21-,22+,23?,24-,31-/m0/s1. The second kappa shape index (κ2) is 14.7. The Morgan fingerprint density at radius 1 is 1.00 bits per heavy atom. The van der Waals surface area contributed by atoms with Gasteiger partial charge in [-0.15, -0.1) is 0 Å². The van der Waals surface area contributed by atoms with E-state index in [1.54, 1.807) is 48.8 Å². The molecule has 2 N–H and O–H groups in total. The Morgan fingerprint density at radius 2 is 1.64 bits per heavy atom. The maximum atomic E-state index is 13.7. The minimum atomic E-state index is -1.26. The maximum absolute atomic E-state index is 13.7. The first kappa shape index (κ1) is 35.5. The molecule has 11 nitrogen and oxygen atoms in total. The van der Waals surface area contributed by atoms with Gasteiger partial charge in [0.25, 0.3) is 5.91 Å². The smallest absolute Gasteiger partial charge is 0.328 e. The maximum Gasteiger partial charge on any atom is 0.328 e. The first-order valence-electron chi connectivity index (χ1n) is 15.4. The summed E-state index contributed by atoms with van der Waals surface area (Å²) in [6.45, 7) is 16.3. The number of hydrogen-bond acceptors (Lipinski definition) is 8. The van der Waals surface area contributed by atoms with Gasteiger partial charge in [0, 0.05) is 14.2 Å². The Hall–Kier alpha value is -2.69. The van der Waals surface area contributed by atoms with E-state index in [1.165, 1.54) is 4.90 Å². The van der Waals surface area contributed by atoms with E-state index in [0.29, 0.717) is 12.8 Å². The van der Waals surface area contributed by atoms with Gasteiger partial charge in [0.15, 0.2) is 5.54 Å². The highest BCUT2D eigenvalue weighted by Crippen LogP contribution is 2.34. The monoisotopic (exact) mass is 594 g/mol. The molecule has 1 unspecified atom stereocenters. The lowest BCUT2D eigenvalue weighted by Crippen LogP contribution is -2.58. The van der Waals surface area contributed by atoms with Crippen molar-refractivity contribution in [2.24, 2.45) is 22.2 Å². The Labute approximate surface area is 251 Å². The number of fused-ring (bicyclic) bond motifs is 1. The molecule has 11 heteroatoms. The van der Waals surface area contributed by atoms with Gasteiger partial charge in [0.2, 0.25) is 17.7 Å². The Balaban J connectivity index is 2.53. The van der Waals surface area contributed by atoms with Crippen molar-refractivity contribution in [3.63, 3.8) is 0 Å². The number of ether oxygens (including phenoxy) is 3. The molecular weight excluding hydrogens is 540 g/mol. The van der Waals surface area contributed by atoms with Crippen LogP contribution in [0.3, 0.4) is 0 Å². The van der Waals surface area contributed by atoms with Crippen molar-refractivity contribution < 1.29 is 33.4 Å². The lowest BCUT2D eigenvalue weighted by molar-refractivity contribution is -0.167. The van der Waals surface area contributed by atoms with Crippen LogP contribution in [0.2, 0.25) is 0 Å². The third kappa shape index (κ3) is 8.02. The molecule has 0 fully saturated rings. The number of likely N-dealkylation sites (N-methyl/N-ethyl adjacent to an activating group) is 1. The molecule has 2 aliphatic heterocycles. The van der Waals surface area contributed by atoms with Gasteiger partial charge in [-0.25, -0.2) is 9.79 Å². The molecule has 0 saturated heterocycles. The molecule has 0 aromatic rings. The number of rotatable bonds is 9. The van der Waals surface area contributed by atoms with E-state index in [2.05, 4.69) is 22.5 Å². The number of hydrogen-bond donors (Lipinski definition) is 2. The molecule has 2 heterocycles. The van der Waals surface area contributed by atoms with E-state index in [9.17, 15) is 19.2 Å². The molecule has 0 spiro atoms. The Bertz CT molecular complexity index is 1020. The van der Waals surface area contributed by atoms with Crippen molar-refractivity contribution in [2.45, 2.75) is 130 Å². The molecule has 0 aromatic heterocycles. The van der Waals surface area contributed by atoms with Crippen LogP contribution < -0.4 is 10.6 Å². The summed E-state index contributed by atoms with van der Waals surface area (Å²) in [4.78, 5) is 60.5. The third-order valence-electron chi connectivity index (χ3n) is 8.88. The van der Waals surface area contributed by atoms with Gasteiger partial charge < -0.3 is 29.7 Å². The molecule has 240 valence electrons. The van der Waals surface area contributed by atoms with Crippen LogP contribution in [-0.4, -0.2) is 91.1 Å². The van der Waals surface area contributed by atoms with Crippen molar-refractivity contribution in [1.82, 2.24) is 15.5 Å². The molecule has 0 aliphatic carbocycles. The van der Waals surface area contributed by atoms with Crippen LogP contribution in [0.5, 0.6) is 0 Å². The highest BCUT2D eigenvalue weighted by Gasteiger charge is 2.48. The molecule has 0 radical (unpaired) electrons. The van der Waals surface area contributed by atoms with E-state index < -0.39 is 47.1 Å². The molecule has 8 atom stereocenters. The van der Waals surface area contributed by atoms with Crippen molar-refractivity contribution in [1.29, 1.82) is 0 Å². The molecule has 3 amide bonds. The third-order valence-corrected chi connectivity index (χ3v) is 8.88. The highest BCUT2D eigenvalue weighted by atomic mass is 16.5. The largest absolute Gasteiger partial charge is 0.476 e. The van der Waals surface area contributed by atoms with Crippen LogP contribution in [0, 0.1) is 17.3 Å². The fourth-order valence-corrected chi connectivity index (χ4v) is 5.83. The predicted octanol–water partition coefficient (Wildman–Crippen LogP) is 3.24. The molecule has 2 rings (SSSR count). The molecule has 0 aromatic carbocycles. The first-order chi connectivity index (χ1) is 19.5. The number of esters is 1. The van der Waals surface area contributed by atoms with E-state index >= 15 is 0 Å². The zero-order valence-corrected chi connectivity index (χ0v) is 27.5. The fourth-order valence-electron chi connectivity index (χ4n) is 5.83. The number of cyclic esters (lactones) is 1. The number of carbonyl (C=O) groups excluding carboxylic acids is 4. The second-order valence-electron chi connectivity index (χ2n) is 13.0. The van der Waals surface area contributed by atoms with Crippen molar-refractivity contribution in [3.05, 3.63) is 0 Å². The topological polar surface area (TPSA) is 136 Å². The number of aliphatic imine (C=N–C) groups is 1. The summed E-state index contributed by atoms with van der Waals surface area (Å²) in [5, 5.41) is 5.74. The van der Waals surface area contributed by atoms with Crippen LogP contribution in [-0.2, 0) is 33.4 Å². The minimum Gasteiger partial charge on any atom is -0.476 e. The van der Waals surface area contributed by atoms with Gasteiger partial charge in [-0.05, 0) is 65.7 Å². The van der Waals surface area contributed by atoms with Crippen molar-refractivity contribution in [2.75, 3.05) is 20.8 Å². The van der Waals surface area contributed by atoms with E-state index in [-0.39, 0.29) is 42.3 Å². The summed E-state index contributed by atoms with van der Waals surface area (Å²) >= 11 is 0. The molecule has 42 heavy (non-hydrogen) atoms. The Kier molecular flexibility index (Phi) is 12.4. The van der Waals surface area contributed by atoms with Gasteiger partial charge in [0.05, 0.1) is 11.5 Å². The first-order valence-corrected chi connectivity index (χ1v) is 15.4. The fraction of sp³-hybridized carbons (Fsp3) is 0.839. The van der Waals surface area contributed by atoms with Crippen LogP contribution in [0.4, 0.5) is 0 Å². The average molecular weight is 595 g/mol. The van der Waals surface area contributed by atoms with Crippen LogP contribution in [0.15, 0.2) is 4.99 Å². The number of nitrogens with zero attached hydrogens (tertiary/aromatic N) is 2. The quantitative estimate of drug-likeness (QED) is 0.391. The van der Waals surface area contributed by atoms with E-state index in [0.717, 1.165) is 19.3 Å². The zero-order valence-electron chi connectivity index (χ0n) is 27.5. The van der Waals surface area contributed by atoms with Gasteiger partial charge in [-0.1, -0.05) is 40.5 Å². The average Bonchev–Trinajstić information content (AvgIpc) is 3.35. The van der Waals surface area contributed by atoms with Gasteiger partial charge in [-0.3, -0.25) is 14.4 Å². The molecule has 2 aliphatic rings. The number of amides is 3. The van der Waals surface area contributed by atoms with Crippen LogP contribution in [0.1, 0.15) is 94.4 Å². The second-order valence-corrected chi connectivity index (χ2v) is 13.0. The van der Waals surface area contributed by atoms with Crippen molar-refractivity contribution >= 4 is 29.6 Å². The lowest BCUT2D eigenvalue weighted by Gasteiger charge is -2.38. The van der Waals surface area contributed by atoms with Gasteiger partial charge >= 0.3 is 5.97 Å². The number of methoxy groups -OCH3 is 1. The summed E-state index contributed by atoms with van der Waals surface area (Å²) in [6.07, 6.45) is 3.22. The zero-order chi connectivity index (χ0) is 32.0. The van der Waals surface area contributed by atoms with Crippen LogP contribution >= 0.6 is 0 Å². The molecule has 2 bridgehead atoms. The summed E-state index contributed by atoms with van der Waals surface area (Å²) < 4.78 is 17.5. The predicted molar refractivity (Wildman–Crippen MR) is 161 cm³/mol. The summed E-state index contributed by atoms with van der Waals surface area (Å²) in [5.74, 6) is -1.99. The summed E-state index contributed by atoms with van der Waals surface area (Å²) in [5.41, 5.74) is -2.41. The van der Waals surface area contributed by atoms with E-state index in [1.807, 2.05) is 20.8 Å². The lowest BCUT2D eigenvalue weighted by atomic mass is 9.77. The van der Waals surface area contributed by atoms with E-state index in [4.69, 9.17) is 14.2 Å². The van der Waals surface area contributed by atoms with Gasteiger partial charge in [0.1, 0.15) is 30.8 Å². The Morgan fingerprint density at radius 3 is 2.21 bits per heavy atom. The molecular formula is C31H54N4O7. The molecule has 0 saturated carbocycles. The summed E-state index contributed by atoms with van der Waals surface area (Å²) in [6, 6.07) is -2.48. The number of nitrogens with one attached hydrogen (secondary N) is 2. The normalized spacial score (nSPS) is 31.3. The SMILES string of the molecule is CCC[C@H](CC[C@@H](C)[C@@H]1OC(=O)[C@H](C)NC(=O)C([C@@H](C)CC)N(C)C(=O)[C@]2(C)COC(=N2)[C@H](C)NC(=O)C1(C)C)OC. The van der Waals surface area contributed by atoms with Gasteiger partial charge in [-0.2, -0.15) is 0 Å². The van der Waals surface area contributed by atoms with Crippen LogP contribution in [0.25, 0.3) is 0 Å². The number of carbonyl (C=O) groups is 4. The van der Waals surface area contributed by atoms with Crippen molar-refractivity contribution in [3.8, 4) is 0 Å². The summed E-state index contributed by atoms with van der Waals surface area (Å²) in [7, 11) is 3.26. The highest BCUT2D eigenvalue weighted by molar-refractivity contribution is 5.98.